The third kappa shape index (κ3) is 1.99. The highest BCUT2D eigenvalue weighted by Gasteiger charge is 2.23. The van der Waals surface area contributed by atoms with E-state index in [4.69, 9.17) is 5.73 Å². The van der Waals surface area contributed by atoms with Gasteiger partial charge in [-0.05, 0) is 25.2 Å². The molecule has 1 aliphatic carbocycles. The Kier molecular flexibility index (Phi) is 2.60. The molecule has 1 nitrogen and oxygen atoms in total. The molecule has 0 aromatic heterocycles. The fraction of sp³-hybridized carbons (Fsp3) is 0.750. The highest BCUT2D eigenvalue weighted by Crippen LogP contribution is 2.29. The zero-order chi connectivity index (χ0) is 8.43. The van der Waals surface area contributed by atoms with Crippen molar-refractivity contribution in [3.05, 3.63) is 11.7 Å². The lowest BCUT2D eigenvalue weighted by atomic mass is 9.84. The van der Waals surface area contributed by atoms with Gasteiger partial charge < -0.3 is 5.73 Å². The van der Waals surface area contributed by atoms with Crippen molar-refractivity contribution in [2.45, 2.75) is 32.2 Å². The molecule has 0 aromatic carbocycles. The minimum absolute atomic E-state index is 0.170. The van der Waals surface area contributed by atoms with E-state index in [0.29, 0.717) is 18.8 Å². The van der Waals surface area contributed by atoms with E-state index in [0.717, 1.165) is 6.42 Å². The third-order valence-electron chi connectivity index (χ3n) is 2.25. The normalized spacial score (nSPS) is 32.2. The van der Waals surface area contributed by atoms with Crippen LogP contribution in [0.1, 0.15) is 26.2 Å². The molecule has 1 rings (SSSR count). The number of rotatable bonds is 0. The number of nitrogens with two attached hydrogens (primary N) is 1. The summed E-state index contributed by atoms with van der Waals surface area (Å²) in [7, 11) is 0. The predicted molar refractivity (Wildman–Crippen MR) is 40.2 cm³/mol. The molecule has 11 heavy (non-hydrogen) atoms. The van der Waals surface area contributed by atoms with Gasteiger partial charge in [0.1, 0.15) is 0 Å². The Labute approximate surface area is 65.3 Å². The van der Waals surface area contributed by atoms with Gasteiger partial charge in [0.25, 0.3) is 6.08 Å². The van der Waals surface area contributed by atoms with Crippen LogP contribution < -0.4 is 5.73 Å². The highest BCUT2D eigenvalue weighted by atomic mass is 19.3. The van der Waals surface area contributed by atoms with Gasteiger partial charge in [-0.1, -0.05) is 6.92 Å². The first-order chi connectivity index (χ1) is 5.11. The Morgan fingerprint density at radius 1 is 1.55 bits per heavy atom. The van der Waals surface area contributed by atoms with Gasteiger partial charge in [0.2, 0.25) is 0 Å². The van der Waals surface area contributed by atoms with Crippen molar-refractivity contribution in [2.75, 3.05) is 0 Å². The number of hydrogen-bond acceptors (Lipinski definition) is 1. The molecule has 1 fully saturated rings. The molecule has 2 N–H and O–H groups in total. The smallest absolute Gasteiger partial charge is 0.271 e. The molecular formula is C8H13F2N. The van der Waals surface area contributed by atoms with Crippen LogP contribution in [0.3, 0.4) is 0 Å². The molecule has 0 unspecified atom stereocenters. The van der Waals surface area contributed by atoms with Crippen LogP contribution in [-0.4, -0.2) is 6.04 Å². The fourth-order valence-electron chi connectivity index (χ4n) is 1.52. The Morgan fingerprint density at radius 3 is 2.64 bits per heavy atom. The molecule has 0 radical (unpaired) electrons. The maximum Gasteiger partial charge on any atom is 0.271 e. The Morgan fingerprint density at radius 2 is 2.18 bits per heavy atom. The summed E-state index contributed by atoms with van der Waals surface area (Å²) in [5, 5.41) is 0. The SMILES string of the molecule is C[C@@H]1CCC(=C(F)F)[C@@H](N)C1. The van der Waals surface area contributed by atoms with Crippen molar-refractivity contribution < 1.29 is 8.78 Å². The molecule has 0 heterocycles. The summed E-state index contributed by atoms with van der Waals surface area (Å²) < 4.78 is 24.2. The lowest BCUT2D eigenvalue weighted by Gasteiger charge is -2.25. The molecule has 0 aromatic rings. The van der Waals surface area contributed by atoms with Crippen molar-refractivity contribution in [1.82, 2.24) is 0 Å². The molecule has 3 heteroatoms. The molecule has 0 aliphatic heterocycles. The van der Waals surface area contributed by atoms with Gasteiger partial charge in [-0.2, -0.15) is 8.78 Å². The van der Waals surface area contributed by atoms with Gasteiger partial charge in [-0.25, -0.2) is 0 Å². The van der Waals surface area contributed by atoms with Crippen molar-refractivity contribution >= 4 is 0 Å². The standard InChI is InChI=1S/C8H13F2N/c1-5-2-3-6(8(9)10)7(11)4-5/h5,7H,2-4,11H2,1H3/t5-,7+/m1/s1. The average Bonchev–Trinajstić information content (AvgIpc) is 1.85. The van der Waals surface area contributed by atoms with E-state index in [1.807, 2.05) is 6.92 Å². The third-order valence-corrected chi connectivity index (χ3v) is 2.25. The van der Waals surface area contributed by atoms with Gasteiger partial charge in [0.05, 0.1) is 0 Å². The second kappa shape index (κ2) is 3.30. The molecule has 0 saturated heterocycles. The summed E-state index contributed by atoms with van der Waals surface area (Å²) in [6.07, 6.45) is 0.460. The summed E-state index contributed by atoms with van der Waals surface area (Å²) in [4.78, 5) is 0. The molecule has 0 spiro atoms. The summed E-state index contributed by atoms with van der Waals surface area (Å²) in [5.74, 6) is 0.494. The summed E-state index contributed by atoms with van der Waals surface area (Å²) in [6, 6.07) is -0.399. The van der Waals surface area contributed by atoms with Gasteiger partial charge in [-0.15, -0.1) is 0 Å². The first-order valence-corrected chi connectivity index (χ1v) is 3.91. The highest BCUT2D eigenvalue weighted by molar-refractivity contribution is 5.13. The lowest BCUT2D eigenvalue weighted by molar-refractivity contribution is 0.351. The van der Waals surface area contributed by atoms with Crippen LogP contribution in [0.25, 0.3) is 0 Å². The second-order valence-electron chi connectivity index (χ2n) is 3.27. The zero-order valence-corrected chi connectivity index (χ0v) is 6.61. The Balaban J connectivity index is 2.65. The maximum atomic E-state index is 12.1. The predicted octanol–water partition coefficient (Wildman–Crippen LogP) is 2.28. The molecule has 2 atom stereocenters. The van der Waals surface area contributed by atoms with Crippen LogP contribution in [0.15, 0.2) is 11.7 Å². The van der Waals surface area contributed by atoms with E-state index in [2.05, 4.69) is 0 Å². The Bertz CT molecular complexity index is 173. The van der Waals surface area contributed by atoms with E-state index in [1.54, 1.807) is 0 Å². The van der Waals surface area contributed by atoms with Gasteiger partial charge in [0, 0.05) is 11.6 Å². The molecular weight excluding hydrogens is 148 g/mol. The fourth-order valence-corrected chi connectivity index (χ4v) is 1.52. The number of halogens is 2. The van der Waals surface area contributed by atoms with Crippen molar-refractivity contribution in [3.8, 4) is 0 Å². The monoisotopic (exact) mass is 161 g/mol. The van der Waals surface area contributed by atoms with Crippen molar-refractivity contribution in [2.24, 2.45) is 11.7 Å². The van der Waals surface area contributed by atoms with E-state index in [1.165, 1.54) is 0 Å². The Hall–Kier alpha value is -0.440. The van der Waals surface area contributed by atoms with Crippen molar-refractivity contribution in [3.63, 3.8) is 0 Å². The van der Waals surface area contributed by atoms with E-state index in [-0.39, 0.29) is 5.57 Å². The topological polar surface area (TPSA) is 26.0 Å². The van der Waals surface area contributed by atoms with Crippen LogP contribution >= 0.6 is 0 Å². The van der Waals surface area contributed by atoms with Crippen LogP contribution in [0.5, 0.6) is 0 Å². The average molecular weight is 161 g/mol. The lowest BCUT2D eigenvalue weighted by Crippen LogP contribution is -2.29. The molecule has 64 valence electrons. The minimum Gasteiger partial charge on any atom is -0.324 e. The summed E-state index contributed by atoms with van der Waals surface area (Å²) >= 11 is 0. The minimum atomic E-state index is -1.57. The maximum absolute atomic E-state index is 12.1. The quantitative estimate of drug-likeness (QED) is 0.579. The number of hydrogen-bond donors (Lipinski definition) is 1. The first-order valence-electron chi connectivity index (χ1n) is 3.91. The molecule has 0 bridgehead atoms. The van der Waals surface area contributed by atoms with Crippen LogP contribution in [-0.2, 0) is 0 Å². The molecule has 1 saturated carbocycles. The van der Waals surface area contributed by atoms with Crippen molar-refractivity contribution in [1.29, 1.82) is 0 Å². The summed E-state index contributed by atoms with van der Waals surface area (Å²) in [5.41, 5.74) is 5.70. The molecule has 0 amide bonds. The van der Waals surface area contributed by atoms with Gasteiger partial charge >= 0.3 is 0 Å². The second-order valence-corrected chi connectivity index (χ2v) is 3.27. The van der Waals surface area contributed by atoms with Gasteiger partial charge in [-0.3, -0.25) is 0 Å². The van der Waals surface area contributed by atoms with Gasteiger partial charge in [0.15, 0.2) is 0 Å². The first kappa shape index (κ1) is 8.65. The van der Waals surface area contributed by atoms with E-state index in [9.17, 15) is 8.78 Å². The van der Waals surface area contributed by atoms with Crippen LogP contribution in [0.4, 0.5) is 8.78 Å². The largest absolute Gasteiger partial charge is 0.324 e. The van der Waals surface area contributed by atoms with Crippen LogP contribution in [0, 0.1) is 5.92 Å². The van der Waals surface area contributed by atoms with E-state index < -0.39 is 12.1 Å². The summed E-state index contributed by atoms with van der Waals surface area (Å²) in [6.45, 7) is 2.05. The molecule has 1 aliphatic rings. The van der Waals surface area contributed by atoms with Crippen LogP contribution in [0.2, 0.25) is 0 Å². The van der Waals surface area contributed by atoms with E-state index >= 15 is 0 Å². The zero-order valence-electron chi connectivity index (χ0n) is 6.61.